The molecule has 1 aliphatic rings. The van der Waals surface area contributed by atoms with Gasteiger partial charge >= 0.3 is 11.7 Å². The maximum Gasteiger partial charge on any atom is 0.338 e. The third kappa shape index (κ3) is 5.10. The summed E-state index contributed by atoms with van der Waals surface area (Å²) in [6, 6.07) is 7.49. The second-order valence-corrected chi connectivity index (χ2v) is 11.3. The normalized spacial score (nSPS) is 18.5. The highest BCUT2D eigenvalue weighted by Crippen LogP contribution is 2.36. The Morgan fingerprint density at radius 3 is 2.56 bits per heavy atom. The van der Waals surface area contributed by atoms with Crippen LogP contribution in [0, 0.1) is 12.8 Å². The molecule has 218 valence electrons. The number of aromatic amines is 1. The Hall–Kier alpha value is -4.12. The van der Waals surface area contributed by atoms with Crippen molar-refractivity contribution in [3.05, 3.63) is 74.4 Å². The standard InChI is InChI=1S/C30H36N4O7/c1-17-10-12-19(13-11-17)41-23(20-8-6-7-9-22(20)39-5)16-21-25-32-24(26-31-14-15-40-26)18(2)33(25)29(38)34(27(21)35)30(3,4)28(36)37/h6-9,14-15,17,19,23,32H,10-13,16H2,1-5H3,(H,36,37)/t17?,19?,23-/m0/s1. The molecule has 2 N–H and O–H groups in total. The van der Waals surface area contributed by atoms with Gasteiger partial charge in [0.25, 0.3) is 5.56 Å². The van der Waals surface area contributed by atoms with Gasteiger partial charge in [0.15, 0.2) is 0 Å². The Morgan fingerprint density at radius 2 is 1.93 bits per heavy atom. The SMILES string of the molecule is COc1ccccc1[C@H](Cc1c(=O)n(C(C)(C)C(=O)O)c(=O)n2c(C)c(-c3ncco3)[nH]c12)OC1CCC(C)CC1. The molecule has 3 aromatic heterocycles. The van der Waals surface area contributed by atoms with Crippen molar-refractivity contribution in [1.29, 1.82) is 0 Å². The first-order valence-corrected chi connectivity index (χ1v) is 13.9. The fourth-order valence-corrected chi connectivity index (χ4v) is 5.69. The van der Waals surface area contributed by atoms with Crippen molar-refractivity contribution in [1.82, 2.24) is 18.9 Å². The van der Waals surface area contributed by atoms with E-state index < -0.39 is 28.9 Å². The molecule has 1 fully saturated rings. The van der Waals surface area contributed by atoms with Gasteiger partial charge in [-0.1, -0.05) is 25.1 Å². The van der Waals surface area contributed by atoms with Crippen LogP contribution in [0.2, 0.25) is 0 Å². The highest BCUT2D eigenvalue weighted by atomic mass is 16.5. The number of carbonyl (C=O) groups is 1. The number of ether oxygens (including phenoxy) is 2. The smallest absolute Gasteiger partial charge is 0.338 e. The van der Waals surface area contributed by atoms with Crippen LogP contribution in [-0.2, 0) is 21.5 Å². The van der Waals surface area contributed by atoms with Crippen LogP contribution in [0.3, 0.4) is 0 Å². The molecule has 1 aliphatic carbocycles. The summed E-state index contributed by atoms with van der Waals surface area (Å²) in [6.45, 7) is 6.59. The van der Waals surface area contributed by atoms with Crippen molar-refractivity contribution in [3.8, 4) is 17.3 Å². The Bertz CT molecular complexity index is 1670. The Morgan fingerprint density at radius 1 is 1.22 bits per heavy atom. The molecule has 11 nitrogen and oxygen atoms in total. The molecule has 0 saturated heterocycles. The molecule has 1 atom stereocenters. The summed E-state index contributed by atoms with van der Waals surface area (Å²) in [5, 5.41) is 10.0. The first-order valence-electron chi connectivity index (χ1n) is 13.9. The number of para-hydroxylation sites is 1. The van der Waals surface area contributed by atoms with E-state index in [-0.39, 0.29) is 29.6 Å². The van der Waals surface area contributed by atoms with Crippen molar-refractivity contribution in [3.63, 3.8) is 0 Å². The van der Waals surface area contributed by atoms with Crippen LogP contribution in [0.25, 0.3) is 17.2 Å². The summed E-state index contributed by atoms with van der Waals surface area (Å²) >= 11 is 0. The minimum atomic E-state index is -1.82. The minimum Gasteiger partial charge on any atom is -0.496 e. The number of carboxylic acids is 1. The number of aryl methyl sites for hydroxylation is 1. The Balaban J connectivity index is 1.74. The van der Waals surface area contributed by atoms with Crippen LogP contribution >= 0.6 is 0 Å². The molecule has 41 heavy (non-hydrogen) atoms. The number of methoxy groups -OCH3 is 1. The molecule has 11 heteroatoms. The number of oxazole rings is 1. The van der Waals surface area contributed by atoms with Crippen LogP contribution < -0.4 is 16.0 Å². The highest BCUT2D eigenvalue weighted by molar-refractivity contribution is 5.76. The predicted molar refractivity (Wildman–Crippen MR) is 151 cm³/mol. The molecule has 0 unspecified atom stereocenters. The van der Waals surface area contributed by atoms with Crippen LogP contribution in [0.1, 0.15) is 69.4 Å². The molecular weight excluding hydrogens is 528 g/mol. The summed E-state index contributed by atoms with van der Waals surface area (Å²) < 4.78 is 20.0. The monoisotopic (exact) mass is 564 g/mol. The second kappa shape index (κ2) is 11.0. The average Bonchev–Trinajstić information content (AvgIpc) is 3.59. The summed E-state index contributed by atoms with van der Waals surface area (Å²) in [6.07, 6.45) is 6.20. The van der Waals surface area contributed by atoms with Gasteiger partial charge in [0.05, 0.1) is 36.8 Å². The average molecular weight is 565 g/mol. The lowest BCUT2D eigenvalue weighted by molar-refractivity contribution is -0.146. The van der Waals surface area contributed by atoms with Gasteiger partial charge in [-0.2, -0.15) is 0 Å². The number of imidazole rings is 1. The molecule has 1 aromatic carbocycles. The number of H-pyrrole nitrogens is 1. The zero-order chi connectivity index (χ0) is 29.5. The first kappa shape index (κ1) is 28.4. The van der Waals surface area contributed by atoms with E-state index in [9.17, 15) is 19.5 Å². The number of aliphatic carboxylic acids is 1. The third-order valence-corrected chi connectivity index (χ3v) is 8.22. The van der Waals surface area contributed by atoms with E-state index in [1.54, 1.807) is 14.0 Å². The number of nitrogens with one attached hydrogen (secondary N) is 1. The van der Waals surface area contributed by atoms with Gasteiger partial charge in [0.2, 0.25) is 5.89 Å². The van der Waals surface area contributed by atoms with Crippen molar-refractivity contribution in [2.75, 3.05) is 7.11 Å². The van der Waals surface area contributed by atoms with E-state index in [1.165, 1.54) is 30.7 Å². The molecule has 0 spiro atoms. The number of carboxylic acid groups (broad SMARTS) is 1. The summed E-state index contributed by atoms with van der Waals surface area (Å²) in [4.78, 5) is 47.6. The van der Waals surface area contributed by atoms with Crippen LogP contribution in [0.15, 0.2) is 50.7 Å². The van der Waals surface area contributed by atoms with E-state index >= 15 is 0 Å². The van der Waals surface area contributed by atoms with Crippen molar-refractivity contribution >= 4 is 11.6 Å². The van der Waals surface area contributed by atoms with Gasteiger partial charge in [-0.05, 0) is 58.4 Å². The maximum absolute atomic E-state index is 14.2. The van der Waals surface area contributed by atoms with Gasteiger partial charge < -0.3 is 24.0 Å². The maximum atomic E-state index is 14.2. The molecule has 0 aliphatic heterocycles. The van der Waals surface area contributed by atoms with Crippen LogP contribution in [-0.4, -0.2) is 43.2 Å². The molecule has 4 aromatic rings. The van der Waals surface area contributed by atoms with Gasteiger partial charge in [0, 0.05) is 12.0 Å². The Labute approximate surface area is 236 Å². The molecule has 0 radical (unpaired) electrons. The summed E-state index contributed by atoms with van der Waals surface area (Å²) in [5.74, 6) is 0.168. The number of fused-ring (bicyclic) bond motifs is 1. The van der Waals surface area contributed by atoms with Gasteiger partial charge in [-0.15, -0.1) is 0 Å². The van der Waals surface area contributed by atoms with Gasteiger partial charge in [-0.25, -0.2) is 23.5 Å². The van der Waals surface area contributed by atoms with Crippen molar-refractivity contribution in [2.24, 2.45) is 5.92 Å². The van der Waals surface area contributed by atoms with Crippen molar-refractivity contribution < 1.29 is 23.8 Å². The molecule has 1 saturated carbocycles. The van der Waals surface area contributed by atoms with Gasteiger partial charge in [0.1, 0.15) is 28.9 Å². The molecule has 3 heterocycles. The molecule has 0 amide bonds. The highest BCUT2D eigenvalue weighted by Gasteiger charge is 2.36. The van der Waals surface area contributed by atoms with Crippen molar-refractivity contribution in [2.45, 2.75) is 77.5 Å². The fraction of sp³-hybridized carbons (Fsp3) is 0.467. The van der Waals surface area contributed by atoms with E-state index in [2.05, 4.69) is 16.9 Å². The predicted octanol–water partition coefficient (Wildman–Crippen LogP) is 4.46. The number of hydrogen-bond acceptors (Lipinski definition) is 7. The fourth-order valence-electron chi connectivity index (χ4n) is 5.69. The van der Waals surface area contributed by atoms with E-state index in [4.69, 9.17) is 13.9 Å². The second-order valence-electron chi connectivity index (χ2n) is 11.3. The largest absolute Gasteiger partial charge is 0.496 e. The minimum absolute atomic E-state index is 0.0195. The first-order chi connectivity index (χ1) is 19.5. The van der Waals surface area contributed by atoms with Crippen LogP contribution in [0.5, 0.6) is 5.75 Å². The topological polar surface area (TPSA) is 141 Å². The molecular formula is C30H36N4O7. The van der Waals surface area contributed by atoms with E-state index in [0.717, 1.165) is 35.8 Å². The number of nitrogens with zero attached hydrogens (tertiary/aromatic N) is 3. The lowest BCUT2D eigenvalue weighted by Gasteiger charge is -2.31. The Kier molecular flexibility index (Phi) is 7.65. The van der Waals surface area contributed by atoms with E-state index in [1.807, 2.05) is 24.3 Å². The third-order valence-electron chi connectivity index (χ3n) is 8.22. The number of aromatic nitrogens is 4. The quantitative estimate of drug-likeness (QED) is 0.304. The zero-order valence-corrected chi connectivity index (χ0v) is 24.0. The molecule has 5 rings (SSSR count). The van der Waals surface area contributed by atoms with Gasteiger partial charge in [-0.3, -0.25) is 4.79 Å². The number of hydrogen-bond donors (Lipinski definition) is 2. The van der Waals surface area contributed by atoms with E-state index in [0.29, 0.717) is 23.1 Å². The van der Waals surface area contributed by atoms with Crippen LogP contribution in [0.4, 0.5) is 0 Å². The summed E-state index contributed by atoms with van der Waals surface area (Å²) in [5.41, 5.74) is -1.25. The molecule has 0 bridgehead atoms. The lowest BCUT2D eigenvalue weighted by atomic mass is 9.88. The summed E-state index contributed by atoms with van der Waals surface area (Å²) in [7, 11) is 1.58. The number of benzene rings is 1. The lowest BCUT2D eigenvalue weighted by Crippen LogP contribution is -2.52. The zero-order valence-electron chi connectivity index (χ0n) is 24.0. The number of rotatable bonds is 9.